The van der Waals surface area contributed by atoms with Gasteiger partial charge in [0, 0.05) is 12.2 Å². The topological polar surface area (TPSA) is 101 Å². The minimum Gasteiger partial charge on any atom is -0.481 e. The highest BCUT2D eigenvalue weighted by Gasteiger charge is 2.36. The largest absolute Gasteiger partial charge is 0.481 e. The molecule has 1 heterocycles. The Morgan fingerprint density at radius 3 is 2.89 bits per heavy atom. The van der Waals surface area contributed by atoms with Gasteiger partial charge in [-0.25, -0.2) is 13.1 Å². The van der Waals surface area contributed by atoms with Gasteiger partial charge in [0.15, 0.2) is 0 Å². The molecule has 18 heavy (non-hydrogen) atoms. The van der Waals surface area contributed by atoms with E-state index in [4.69, 9.17) is 5.11 Å². The minimum absolute atomic E-state index is 0.0115. The van der Waals surface area contributed by atoms with Crippen molar-refractivity contribution in [3.05, 3.63) is 12.4 Å². The molecule has 1 aliphatic carbocycles. The Morgan fingerprint density at radius 2 is 2.33 bits per heavy atom. The Labute approximate surface area is 105 Å². The van der Waals surface area contributed by atoms with Crippen molar-refractivity contribution in [3.8, 4) is 0 Å². The fourth-order valence-electron chi connectivity index (χ4n) is 1.57. The van der Waals surface area contributed by atoms with E-state index in [2.05, 4.69) is 9.82 Å². The van der Waals surface area contributed by atoms with Gasteiger partial charge in [0.1, 0.15) is 4.90 Å². The summed E-state index contributed by atoms with van der Waals surface area (Å²) in [6.07, 6.45) is 3.34. The Kier molecular flexibility index (Phi) is 3.40. The van der Waals surface area contributed by atoms with Crippen molar-refractivity contribution in [1.82, 2.24) is 14.5 Å². The van der Waals surface area contributed by atoms with Crippen LogP contribution in [0, 0.1) is 5.92 Å². The van der Waals surface area contributed by atoms with Gasteiger partial charge in [-0.15, -0.1) is 0 Å². The van der Waals surface area contributed by atoms with Gasteiger partial charge in [-0.2, -0.15) is 5.10 Å². The van der Waals surface area contributed by atoms with Crippen LogP contribution in [-0.4, -0.2) is 35.3 Å². The molecule has 1 saturated carbocycles. The van der Waals surface area contributed by atoms with Crippen LogP contribution in [0.25, 0.3) is 0 Å². The first-order valence-electron chi connectivity index (χ1n) is 5.65. The van der Waals surface area contributed by atoms with Crippen molar-refractivity contribution in [2.45, 2.75) is 37.2 Å². The van der Waals surface area contributed by atoms with E-state index in [-0.39, 0.29) is 23.9 Å². The third-order valence-electron chi connectivity index (χ3n) is 2.89. The zero-order valence-corrected chi connectivity index (χ0v) is 10.7. The van der Waals surface area contributed by atoms with Crippen LogP contribution in [0.3, 0.4) is 0 Å². The molecule has 0 spiro atoms. The van der Waals surface area contributed by atoms with Gasteiger partial charge in [-0.1, -0.05) is 6.92 Å². The van der Waals surface area contributed by atoms with Crippen molar-refractivity contribution < 1.29 is 18.3 Å². The molecule has 2 rings (SSSR count). The number of aromatic nitrogens is 2. The van der Waals surface area contributed by atoms with Crippen molar-refractivity contribution in [2.75, 3.05) is 0 Å². The van der Waals surface area contributed by atoms with E-state index < -0.39 is 16.0 Å². The summed E-state index contributed by atoms with van der Waals surface area (Å²) >= 11 is 0. The average molecular weight is 273 g/mol. The maximum absolute atomic E-state index is 11.9. The lowest BCUT2D eigenvalue weighted by Crippen LogP contribution is -2.26. The fraction of sp³-hybridized carbons (Fsp3) is 0.600. The van der Waals surface area contributed by atoms with Gasteiger partial charge >= 0.3 is 5.97 Å². The maximum Gasteiger partial charge on any atom is 0.305 e. The quantitative estimate of drug-likeness (QED) is 0.762. The standard InChI is InChI=1S/C10H15N3O4S/c1-7-4-9(7)12-18(16,17)8-5-11-13(6-8)3-2-10(14)15/h5-7,9,12H,2-4H2,1H3,(H,14,15). The van der Waals surface area contributed by atoms with E-state index in [1.807, 2.05) is 6.92 Å². The zero-order chi connectivity index (χ0) is 13.3. The lowest BCUT2D eigenvalue weighted by molar-refractivity contribution is -0.137. The molecule has 0 aromatic carbocycles. The number of carboxylic acids is 1. The molecule has 0 bridgehead atoms. The van der Waals surface area contributed by atoms with Crippen LogP contribution < -0.4 is 4.72 Å². The smallest absolute Gasteiger partial charge is 0.305 e. The van der Waals surface area contributed by atoms with Gasteiger partial charge in [0.05, 0.1) is 19.2 Å². The first-order valence-corrected chi connectivity index (χ1v) is 7.13. The SMILES string of the molecule is CC1CC1NS(=O)(=O)c1cnn(CCC(=O)O)c1. The van der Waals surface area contributed by atoms with Crippen molar-refractivity contribution in [2.24, 2.45) is 5.92 Å². The van der Waals surface area contributed by atoms with Gasteiger partial charge < -0.3 is 5.11 Å². The molecule has 2 N–H and O–H groups in total. The predicted molar refractivity (Wildman–Crippen MR) is 62.4 cm³/mol. The number of nitrogens with zero attached hydrogens (tertiary/aromatic N) is 2. The highest BCUT2D eigenvalue weighted by molar-refractivity contribution is 7.89. The molecule has 0 aliphatic heterocycles. The third kappa shape index (κ3) is 3.08. The second-order valence-electron chi connectivity index (χ2n) is 4.52. The van der Waals surface area contributed by atoms with E-state index in [9.17, 15) is 13.2 Å². The van der Waals surface area contributed by atoms with E-state index in [1.54, 1.807) is 0 Å². The molecule has 1 fully saturated rings. The van der Waals surface area contributed by atoms with E-state index >= 15 is 0 Å². The molecular formula is C10H15N3O4S. The minimum atomic E-state index is -3.53. The van der Waals surface area contributed by atoms with Gasteiger partial charge in [-0.05, 0) is 12.3 Å². The highest BCUT2D eigenvalue weighted by atomic mass is 32.2. The van der Waals surface area contributed by atoms with Crippen LogP contribution in [0.4, 0.5) is 0 Å². The third-order valence-corrected chi connectivity index (χ3v) is 4.34. The maximum atomic E-state index is 11.9. The molecule has 2 unspecified atom stereocenters. The van der Waals surface area contributed by atoms with Gasteiger partial charge in [-0.3, -0.25) is 9.48 Å². The van der Waals surface area contributed by atoms with E-state index in [1.165, 1.54) is 17.1 Å². The number of hydrogen-bond donors (Lipinski definition) is 2. The molecule has 7 nitrogen and oxygen atoms in total. The summed E-state index contributed by atoms with van der Waals surface area (Å²) in [4.78, 5) is 10.5. The summed E-state index contributed by atoms with van der Waals surface area (Å²) in [5.41, 5.74) is 0. The summed E-state index contributed by atoms with van der Waals surface area (Å²) in [7, 11) is -3.53. The molecule has 0 radical (unpaired) electrons. The number of nitrogens with one attached hydrogen (secondary N) is 1. The Balaban J connectivity index is 2.02. The first kappa shape index (κ1) is 13.0. The summed E-state index contributed by atoms with van der Waals surface area (Å²) in [6.45, 7) is 2.13. The van der Waals surface area contributed by atoms with Crippen LogP contribution >= 0.6 is 0 Å². The van der Waals surface area contributed by atoms with Crippen molar-refractivity contribution in [3.63, 3.8) is 0 Å². The van der Waals surface area contributed by atoms with E-state index in [0.29, 0.717) is 5.92 Å². The molecule has 100 valence electrons. The average Bonchev–Trinajstić information content (AvgIpc) is 2.81. The Hall–Kier alpha value is -1.41. The van der Waals surface area contributed by atoms with Crippen LogP contribution in [0.15, 0.2) is 17.3 Å². The Bertz CT molecular complexity index is 551. The molecule has 2 atom stereocenters. The number of carbonyl (C=O) groups is 1. The lowest BCUT2D eigenvalue weighted by Gasteiger charge is -2.02. The van der Waals surface area contributed by atoms with E-state index in [0.717, 1.165) is 6.42 Å². The van der Waals surface area contributed by atoms with Crippen LogP contribution in [0.2, 0.25) is 0 Å². The molecule has 1 aliphatic rings. The second kappa shape index (κ2) is 4.69. The second-order valence-corrected chi connectivity index (χ2v) is 6.24. The molecule has 1 aromatic heterocycles. The van der Waals surface area contributed by atoms with Crippen molar-refractivity contribution >= 4 is 16.0 Å². The monoisotopic (exact) mass is 273 g/mol. The summed E-state index contributed by atoms with van der Waals surface area (Å²) < 4.78 is 27.7. The fourth-order valence-corrected chi connectivity index (χ4v) is 2.88. The van der Waals surface area contributed by atoms with Crippen LogP contribution in [-0.2, 0) is 21.4 Å². The zero-order valence-electron chi connectivity index (χ0n) is 9.91. The number of aryl methyl sites for hydroxylation is 1. The summed E-state index contributed by atoms with van der Waals surface area (Å²) in [6, 6.07) is 0.0115. The molecule has 0 amide bonds. The normalized spacial score (nSPS) is 22.9. The molecule has 1 aromatic rings. The number of aliphatic carboxylic acids is 1. The first-order chi connectivity index (χ1) is 8.38. The number of carboxylic acid groups (broad SMARTS) is 1. The lowest BCUT2D eigenvalue weighted by atomic mass is 10.4. The summed E-state index contributed by atoms with van der Waals surface area (Å²) in [5, 5.41) is 12.4. The molecule has 8 heteroatoms. The van der Waals surface area contributed by atoms with Gasteiger partial charge in [0.2, 0.25) is 10.0 Å². The predicted octanol–water partition coefficient (Wildman–Crippen LogP) is 0.0445. The van der Waals surface area contributed by atoms with Crippen molar-refractivity contribution in [1.29, 1.82) is 0 Å². The summed E-state index contributed by atoms with van der Waals surface area (Å²) in [5.74, 6) is -0.568. The number of hydrogen-bond acceptors (Lipinski definition) is 4. The molecular weight excluding hydrogens is 258 g/mol. The molecule has 0 saturated heterocycles. The number of sulfonamides is 1. The Morgan fingerprint density at radius 1 is 1.67 bits per heavy atom. The van der Waals surface area contributed by atoms with Crippen LogP contribution in [0.1, 0.15) is 19.8 Å². The van der Waals surface area contributed by atoms with Crippen LogP contribution in [0.5, 0.6) is 0 Å². The highest BCUT2D eigenvalue weighted by Crippen LogP contribution is 2.30. The van der Waals surface area contributed by atoms with Gasteiger partial charge in [0.25, 0.3) is 0 Å². The number of rotatable bonds is 6.